The SMILES string of the molecule is CCC(CC)C(=O)/C=C(\O)C(CC)CC.Cc1[c-]c(-c2nccc3c2[se]c2c4ccc(CC(C)(C)C)cc4ccc32)cc(C)c1.[Ir]. The summed E-state index contributed by atoms with van der Waals surface area (Å²) in [6.45, 7) is 19.2. The van der Waals surface area contributed by atoms with Crippen molar-refractivity contribution in [2.75, 3.05) is 0 Å². The van der Waals surface area contributed by atoms with Crippen molar-refractivity contribution in [1.29, 1.82) is 0 Å². The van der Waals surface area contributed by atoms with Gasteiger partial charge in [-0.05, 0) is 25.7 Å². The third-order valence-corrected chi connectivity index (χ3v) is 11.3. The molecule has 247 valence electrons. The summed E-state index contributed by atoms with van der Waals surface area (Å²) in [4.78, 5) is 16.5. The molecule has 0 fully saturated rings. The number of rotatable bonds is 9. The van der Waals surface area contributed by atoms with Gasteiger partial charge in [-0.3, -0.25) is 4.79 Å². The first-order valence-electron chi connectivity index (χ1n) is 16.6. The van der Waals surface area contributed by atoms with Crippen LogP contribution in [0.15, 0.2) is 66.6 Å². The maximum atomic E-state index is 11.7. The zero-order valence-corrected chi connectivity index (χ0v) is 33.1. The van der Waals surface area contributed by atoms with Gasteiger partial charge in [-0.1, -0.05) is 27.7 Å². The number of carbonyl (C=O) groups is 1. The quantitative estimate of drug-likeness (QED) is 0.0695. The van der Waals surface area contributed by atoms with Crippen molar-refractivity contribution < 1.29 is 30.0 Å². The van der Waals surface area contributed by atoms with E-state index in [1.807, 2.05) is 33.9 Å². The second kappa shape index (κ2) is 16.5. The Kier molecular flexibility index (Phi) is 13.6. The zero-order valence-electron chi connectivity index (χ0n) is 29.0. The molecule has 0 saturated heterocycles. The number of aromatic nitrogens is 1. The number of aliphatic hydroxyl groups is 1. The predicted molar refractivity (Wildman–Crippen MR) is 194 cm³/mol. The molecule has 5 heteroatoms. The molecule has 0 aliphatic heterocycles. The second-order valence-corrected chi connectivity index (χ2v) is 15.8. The third kappa shape index (κ3) is 9.07. The van der Waals surface area contributed by atoms with Crippen LogP contribution in [0.5, 0.6) is 0 Å². The Balaban J connectivity index is 0.000000309. The average molecular weight is 860 g/mol. The zero-order chi connectivity index (χ0) is 32.9. The van der Waals surface area contributed by atoms with E-state index in [1.54, 1.807) is 0 Å². The first kappa shape index (κ1) is 37.9. The van der Waals surface area contributed by atoms with Gasteiger partial charge in [-0.25, -0.2) is 0 Å². The molecule has 1 radical (unpaired) electrons. The molecule has 0 aliphatic carbocycles. The van der Waals surface area contributed by atoms with Gasteiger partial charge < -0.3 is 5.11 Å². The van der Waals surface area contributed by atoms with Crippen LogP contribution in [0.3, 0.4) is 0 Å². The maximum absolute atomic E-state index is 11.7. The molecule has 0 atom stereocenters. The molecule has 0 unspecified atom stereocenters. The van der Waals surface area contributed by atoms with Gasteiger partial charge in [0.15, 0.2) is 5.78 Å². The summed E-state index contributed by atoms with van der Waals surface area (Å²) >= 11 is 0.241. The molecule has 0 saturated carbocycles. The van der Waals surface area contributed by atoms with E-state index in [-0.39, 0.29) is 58.0 Å². The molecule has 46 heavy (non-hydrogen) atoms. The van der Waals surface area contributed by atoms with Gasteiger partial charge in [0.05, 0.1) is 5.76 Å². The van der Waals surface area contributed by atoms with Crippen LogP contribution >= 0.6 is 0 Å². The molecule has 0 bridgehead atoms. The Morgan fingerprint density at radius 2 is 1.50 bits per heavy atom. The normalized spacial score (nSPS) is 12.1. The Hall–Kier alpha value is -2.55. The van der Waals surface area contributed by atoms with Crippen molar-refractivity contribution in [3.8, 4) is 11.3 Å². The van der Waals surface area contributed by atoms with Crippen molar-refractivity contribution >= 4 is 50.4 Å². The Morgan fingerprint density at radius 3 is 2.11 bits per heavy atom. The minimum absolute atomic E-state index is 0. The molecule has 0 spiro atoms. The molecule has 0 amide bonds. The summed E-state index contributed by atoms with van der Waals surface area (Å²) in [5.41, 5.74) is 6.38. The molecular weight excluding hydrogens is 810 g/mol. The van der Waals surface area contributed by atoms with E-state index < -0.39 is 0 Å². The summed E-state index contributed by atoms with van der Waals surface area (Å²) in [5.74, 6) is 0.547. The Labute approximate surface area is 296 Å². The van der Waals surface area contributed by atoms with Crippen LogP contribution in [0, 0.1) is 37.2 Å². The molecule has 5 aromatic rings. The average Bonchev–Trinajstić information content (AvgIpc) is 3.36. The number of carbonyl (C=O) groups excluding carboxylic acids is 1. The van der Waals surface area contributed by atoms with Crippen LogP contribution in [-0.2, 0) is 31.3 Å². The van der Waals surface area contributed by atoms with Crippen molar-refractivity contribution in [3.05, 3.63) is 89.3 Å². The molecule has 3 nitrogen and oxygen atoms in total. The van der Waals surface area contributed by atoms with Crippen LogP contribution in [0.1, 0.15) is 90.8 Å². The van der Waals surface area contributed by atoms with Gasteiger partial charge in [-0.2, -0.15) is 0 Å². The van der Waals surface area contributed by atoms with Crippen LogP contribution < -0.4 is 0 Å². The number of nitrogens with zero attached hydrogens (tertiary/aromatic N) is 1. The predicted octanol–water partition coefficient (Wildman–Crippen LogP) is 11.1. The summed E-state index contributed by atoms with van der Waals surface area (Å²) in [7, 11) is 0. The van der Waals surface area contributed by atoms with Gasteiger partial charge in [0.2, 0.25) is 0 Å². The molecule has 3 aromatic carbocycles. The number of pyridine rings is 1. The monoisotopic (exact) mass is 861 g/mol. The number of hydrogen-bond acceptors (Lipinski definition) is 3. The third-order valence-electron chi connectivity index (χ3n) is 8.65. The number of fused-ring (bicyclic) bond motifs is 5. The van der Waals surface area contributed by atoms with Gasteiger partial charge in [-0.15, -0.1) is 0 Å². The molecule has 2 aromatic heterocycles. The van der Waals surface area contributed by atoms with Gasteiger partial charge in [0.25, 0.3) is 0 Å². The number of benzene rings is 3. The summed E-state index contributed by atoms with van der Waals surface area (Å²) in [6.07, 6.45) is 7.97. The molecule has 0 aliphatic rings. The molecular formula is C41H50IrNO2Se-. The summed E-state index contributed by atoms with van der Waals surface area (Å²) < 4.78 is 2.89. The van der Waals surface area contributed by atoms with E-state index in [2.05, 4.69) is 89.2 Å². The van der Waals surface area contributed by atoms with Gasteiger partial charge in [0, 0.05) is 38.0 Å². The molecule has 5 rings (SSSR count). The van der Waals surface area contributed by atoms with Crippen LogP contribution in [0.4, 0.5) is 0 Å². The van der Waals surface area contributed by atoms with E-state index >= 15 is 0 Å². The maximum Gasteiger partial charge on any atom is 0 e. The van der Waals surface area contributed by atoms with Crippen molar-refractivity contribution in [2.24, 2.45) is 17.3 Å². The standard InChI is InChI=1S/C28H26NSe.C13H24O2.Ir/c1-17-12-18(2)14-21(13-17)25-27-24(10-11-29-25)23-9-7-20-15-19(16-28(3,4)5)6-8-22(20)26(23)30-27;1-5-10(6-2)12(14)9-13(15)11(7-3)8-4;/h6-13,15H,16H2,1-5H3;9-11,14H,5-8H2,1-4H3;/q-1;;/b;12-9-;. The minimum atomic E-state index is 0. The van der Waals surface area contributed by atoms with E-state index in [4.69, 9.17) is 4.98 Å². The van der Waals surface area contributed by atoms with Crippen molar-refractivity contribution in [3.63, 3.8) is 0 Å². The van der Waals surface area contributed by atoms with E-state index in [9.17, 15) is 9.90 Å². The number of allylic oxidation sites excluding steroid dienone is 2. The summed E-state index contributed by atoms with van der Waals surface area (Å²) in [6, 6.07) is 21.8. The molecule has 2 heterocycles. The fourth-order valence-electron chi connectivity index (χ4n) is 6.26. The molecule has 1 N–H and O–H groups in total. The Bertz CT molecular complexity index is 1800. The van der Waals surface area contributed by atoms with Gasteiger partial charge in [0.1, 0.15) is 0 Å². The van der Waals surface area contributed by atoms with Crippen LogP contribution in [-0.4, -0.2) is 30.4 Å². The fourth-order valence-corrected chi connectivity index (χ4v) is 9.06. The van der Waals surface area contributed by atoms with Crippen molar-refractivity contribution in [1.82, 2.24) is 4.98 Å². The smallest absolute Gasteiger partial charge is 0 e. The van der Waals surface area contributed by atoms with Crippen molar-refractivity contribution in [2.45, 2.75) is 94.4 Å². The number of ketones is 1. The van der Waals surface area contributed by atoms with Crippen LogP contribution in [0.25, 0.3) is 41.3 Å². The number of aryl methyl sites for hydroxylation is 2. The van der Waals surface area contributed by atoms with Crippen LogP contribution in [0.2, 0.25) is 0 Å². The van der Waals surface area contributed by atoms with E-state index in [0.29, 0.717) is 5.41 Å². The fraction of sp³-hybridized carbons (Fsp3) is 0.415. The van der Waals surface area contributed by atoms with E-state index in [0.717, 1.165) is 43.4 Å². The van der Waals surface area contributed by atoms with Gasteiger partial charge >= 0.3 is 185 Å². The first-order valence-corrected chi connectivity index (χ1v) is 18.3. The first-order chi connectivity index (χ1) is 21.4. The number of aliphatic hydroxyl groups excluding tert-OH is 1. The summed E-state index contributed by atoms with van der Waals surface area (Å²) in [5, 5.41) is 15.3. The largest absolute Gasteiger partial charge is 0 e. The Morgan fingerprint density at radius 1 is 0.870 bits per heavy atom. The second-order valence-electron chi connectivity index (χ2n) is 13.6. The number of hydrogen-bond donors (Lipinski definition) is 1. The minimum Gasteiger partial charge on any atom is 0 e. The van der Waals surface area contributed by atoms with E-state index in [1.165, 1.54) is 52.8 Å². The topological polar surface area (TPSA) is 50.2 Å².